The Hall–Kier alpha value is -2.44. The average molecular weight is 288 g/mol. The first kappa shape index (κ1) is 15.0. The molecule has 7 nitrogen and oxygen atoms in total. The van der Waals surface area contributed by atoms with E-state index >= 15 is 0 Å². The van der Waals surface area contributed by atoms with E-state index in [0.29, 0.717) is 18.9 Å². The van der Waals surface area contributed by atoms with E-state index in [-0.39, 0.29) is 11.9 Å². The molecule has 2 heterocycles. The third-order valence-electron chi connectivity index (χ3n) is 3.24. The van der Waals surface area contributed by atoms with Crippen molar-refractivity contribution in [1.82, 2.24) is 24.6 Å². The number of hydrogen-bond donors (Lipinski definition) is 1. The zero-order chi connectivity index (χ0) is 15.2. The fourth-order valence-electron chi connectivity index (χ4n) is 2.11. The summed E-state index contributed by atoms with van der Waals surface area (Å²) in [6.45, 7) is 2.45. The first-order valence-corrected chi connectivity index (χ1v) is 6.88. The summed E-state index contributed by atoms with van der Waals surface area (Å²) in [4.78, 5) is 22.5. The van der Waals surface area contributed by atoms with E-state index in [1.165, 1.54) is 0 Å². The van der Waals surface area contributed by atoms with E-state index in [4.69, 9.17) is 0 Å². The highest BCUT2D eigenvalue weighted by molar-refractivity contribution is 5.80. The molecule has 0 fully saturated rings. The van der Waals surface area contributed by atoms with E-state index < -0.39 is 0 Å². The molecule has 0 bridgehead atoms. The maximum Gasteiger partial charge on any atom is 0.247 e. The molecule has 1 amide bonds. The predicted molar refractivity (Wildman–Crippen MR) is 79.6 cm³/mol. The van der Waals surface area contributed by atoms with Gasteiger partial charge in [-0.15, -0.1) is 0 Å². The molecule has 0 saturated carbocycles. The molecule has 0 aliphatic heterocycles. The molecule has 7 heteroatoms. The van der Waals surface area contributed by atoms with Crippen molar-refractivity contribution in [3.8, 4) is 0 Å². The van der Waals surface area contributed by atoms with Crippen LogP contribution in [0.5, 0.6) is 0 Å². The summed E-state index contributed by atoms with van der Waals surface area (Å²) in [5, 5.41) is 7.02. The SMILES string of the molecule is CC[C@H](C(=O)N(C)Cc1cnc(NC)nc1)n1cccn1. The number of hydrogen-bond acceptors (Lipinski definition) is 5. The third kappa shape index (κ3) is 3.56. The molecule has 1 N–H and O–H groups in total. The number of aromatic nitrogens is 4. The highest BCUT2D eigenvalue weighted by Crippen LogP contribution is 2.14. The van der Waals surface area contributed by atoms with E-state index in [1.54, 1.807) is 42.3 Å². The van der Waals surface area contributed by atoms with Crippen LogP contribution >= 0.6 is 0 Å². The van der Waals surface area contributed by atoms with E-state index in [9.17, 15) is 4.79 Å². The van der Waals surface area contributed by atoms with E-state index in [1.807, 2.05) is 19.2 Å². The van der Waals surface area contributed by atoms with Gasteiger partial charge in [0.15, 0.2) is 0 Å². The summed E-state index contributed by atoms with van der Waals surface area (Å²) >= 11 is 0. The largest absolute Gasteiger partial charge is 0.357 e. The summed E-state index contributed by atoms with van der Waals surface area (Å²) in [7, 11) is 3.54. The van der Waals surface area contributed by atoms with Crippen LogP contribution in [0.25, 0.3) is 0 Å². The van der Waals surface area contributed by atoms with Gasteiger partial charge < -0.3 is 10.2 Å². The number of nitrogens with one attached hydrogen (secondary N) is 1. The monoisotopic (exact) mass is 288 g/mol. The van der Waals surface area contributed by atoms with Crippen molar-refractivity contribution in [3.63, 3.8) is 0 Å². The standard InChI is InChI=1S/C14H20N6O/c1-4-12(20-7-5-6-18-20)13(21)19(3)10-11-8-16-14(15-2)17-9-11/h5-9,12H,4,10H2,1-3H3,(H,15,16,17)/t12-/m1/s1. The number of nitrogens with zero attached hydrogens (tertiary/aromatic N) is 5. The predicted octanol–water partition coefficient (Wildman–Crippen LogP) is 1.32. The lowest BCUT2D eigenvalue weighted by Gasteiger charge is -2.23. The molecule has 1 atom stereocenters. The van der Waals surface area contributed by atoms with Crippen molar-refractivity contribution in [3.05, 3.63) is 36.4 Å². The Bertz CT molecular complexity index is 566. The second kappa shape index (κ2) is 6.83. The molecule has 0 aliphatic carbocycles. The van der Waals surface area contributed by atoms with Crippen LogP contribution in [0.4, 0.5) is 5.95 Å². The molecular formula is C14H20N6O. The van der Waals surface area contributed by atoms with Gasteiger partial charge in [-0.3, -0.25) is 9.48 Å². The summed E-state index contributed by atoms with van der Waals surface area (Å²) in [6, 6.07) is 1.54. The summed E-state index contributed by atoms with van der Waals surface area (Å²) in [6.07, 6.45) is 7.62. The molecule has 0 aromatic carbocycles. The lowest BCUT2D eigenvalue weighted by atomic mass is 10.2. The van der Waals surface area contributed by atoms with Crippen LogP contribution in [-0.2, 0) is 11.3 Å². The maximum atomic E-state index is 12.5. The van der Waals surface area contributed by atoms with E-state index in [0.717, 1.165) is 5.56 Å². The fraction of sp³-hybridized carbons (Fsp3) is 0.429. The molecule has 2 rings (SSSR count). The van der Waals surface area contributed by atoms with Gasteiger partial charge >= 0.3 is 0 Å². The molecule has 0 radical (unpaired) electrons. The first-order valence-electron chi connectivity index (χ1n) is 6.88. The van der Waals surface area contributed by atoms with Crippen LogP contribution in [0.15, 0.2) is 30.9 Å². The van der Waals surface area contributed by atoms with Crippen LogP contribution < -0.4 is 5.32 Å². The van der Waals surface area contributed by atoms with Crippen molar-refractivity contribution >= 4 is 11.9 Å². The molecule has 0 aliphatic rings. The lowest BCUT2D eigenvalue weighted by molar-refractivity contribution is -0.134. The Morgan fingerprint density at radius 2 is 2.14 bits per heavy atom. The van der Waals surface area contributed by atoms with Crippen molar-refractivity contribution in [1.29, 1.82) is 0 Å². The van der Waals surface area contributed by atoms with Gasteiger partial charge in [0.05, 0.1) is 0 Å². The zero-order valence-electron chi connectivity index (χ0n) is 12.5. The summed E-state index contributed by atoms with van der Waals surface area (Å²) < 4.78 is 1.69. The summed E-state index contributed by atoms with van der Waals surface area (Å²) in [5.74, 6) is 0.592. The molecule has 2 aromatic heterocycles. The number of carbonyl (C=O) groups excluding carboxylic acids is 1. The van der Waals surface area contributed by atoms with Crippen molar-refractivity contribution in [2.45, 2.75) is 25.9 Å². The Morgan fingerprint density at radius 3 is 2.67 bits per heavy atom. The molecule has 0 unspecified atom stereocenters. The second-order valence-corrected chi connectivity index (χ2v) is 4.77. The van der Waals surface area contributed by atoms with Gasteiger partial charge in [0.2, 0.25) is 11.9 Å². The third-order valence-corrected chi connectivity index (χ3v) is 3.24. The van der Waals surface area contributed by atoms with Gasteiger partial charge in [-0.05, 0) is 12.5 Å². The molecule has 112 valence electrons. The Labute approximate surface area is 124 Å². The second-order valence-electron chi connectivity index (χ2n) is 4.77. The highest BCUT2D eigenvalue weighted by Gasteiger charge is 2.22. The Kier molecular flexibility index (Phi) is 4.86. The highest BCUT2D eigenvalue weighted by atomic mass is 16.2. The van der Waals surface area contributed by atoms with Gasteiger partial charge in [0, 0.05) is 51.0 Å². The Morgan fingerprint density at radius 1 is 1.43 bits per heavy atom. The summed E-state index contributed by atoms with van der Waals surface area (Å²) in [5.41, 5.74) is 0.889. The number of anilines is 1. The van der Waals surface area contributed by atoms with Crippen LogP contribution in [-0.4, -0.2) is 44.7 Å². The van der Waals surface area contributed by atoms with Crippen LogP contribution in [0, 0.1) is 0 Å². The van der Waals surface area contributed by atoms with E-state index in [2.05, 4.69) is 20.4 Å². The number of likely N-dealkylation sites (N-methyl/N-ethyl adjacent to an activating group) is 1. The van der Waals surface area contributed by atoms with Crippen molar-refractivity contribution < 1.29 is 4.79 Å². The minimum Gasteiger partial charge on any atom is -0.357 e. The first-order chi connectivity index (χ1) is 10.2. The number of rotatable bonds is 6. The van der Waals surface area contributed by atoms with Gasteiger partial charge in [-0.2, -0.15) is 5.10 Å². The van der Waals surface area contributed by atoms with Gasteiger partial charge in [-0.1, -0.05) is 6.92 Å². The van der Waals surface area contributed by atoms with Crippen molar-refractivity contribution in [2.75, 3.05) is 19.4 Å². The van der Waals surface area contributed by atoms with Gasteiger partial charge in [-0.25, -0.2) is 9.97 Å². The van der Waals surface area contributed by atoms with Crippen molar-refractivity contribution in [2.24, 2.45) is 0 Å². The normalized spacial score (nSPS) is 12.0. The minimum absolute atomic E-state index is 0.0268. The fourth-order valence-corrected chi connectivity index (χ4v) is 2.11. The van der Waals surface area contributed by atoms with Gasteiger partial charge in [0.1, 0.15) is 6.04 Å². The molecule has 2 aromatic rings. The number of carbonyl (C=O) groups is 1. The van der Waals surface area contributed by atoms with Crippen LogP contribution in [0.2, 0.25) is 0 Å². The molecular weight excluding hydrogens is 268 g/mol. The Balaban J connectivity index is 2.04. The maximum absolute atomic E-state index is 12.5. The smallest absolute Gasteiger partial charge is 0.247 e. The van der Waals surface area contributed by atoms with Crippen LogP contribution in [0.1, 0.15) is 24.9 Å². The topological polar surface area (TPSA) is 75.9 Å². The average Bonchev–Trinajstić information content (AvgIpc) is 3.02. The number of amides is 1. The molecule has 21 heavy (non-hydrogen) atoms. The van der Waals surface area contributed by atoms with Crippen LogP contribution in [0.3, 0.4) is 0 Å². The quantitative estimate of drug-likeness (QED) is 0.867. The van der Waals surface area contributed by atoms with Gasteiger partial charge in [0.25, 0.3) is 0 Å². The minimum atomic E-state index is -0.275. The zero-order valence-corrected chi connectivity index (χ0v) is 12.5. The lowest BCUT2D eigenvalue weighted by Crippen LogP contribution is -2.34. The molecule has 0 saturated heterocycles. The molecule has 0 spiro atoms.